The monoisotopic (exact) mass is 367 g/mol. The van der Waals surface area contributed by atoms with E-state index >= 15 is 0 Å². The van der Waals surface area contributed by atoms with Gasteiger partial charge in [0, 0.05) is 6.08 Å². The molecule has 2 rings (SSSR count). The lowest BCUT2D eigenvalue weighted by Crippen LogP contribution is -2.26. The van der Waals surface area contributed by atoms with Crippen molar-refractivity contribution in [2.24, 2.45) is 11.5 Å². The Kier molecular flexibility index (Phi) is 8.03. The fourth-order valence-electron chi connectivity index (χ4n) is 1.53. The van der Waals surface area contributed by atoms with E-state index in [0.29, 0.717) is 0 Å². The van der Waals surface area contributed by atoms with Gasteiger partial charge in [0.05, 0.1) is 5.70 Å². The Hall–Kier alpha value is -1.62. The van der Waals surface area contributed by atoms with Gasteiger partial charge in [-0.3, -0.25) is 4.79 Å². The molecule has 0 spiro atoms. The SMILES string of the molecule is NC(=O)/C=C(\N)C(Cl)(Cl)Cl.[B](c1ccccc1)c1ccccc1. The van der Waals surface area contributed by atoms with Crippen LogP contribution in [0.2, 0.25) is 0 Å². The molecule has 0 aromatic heterocycles. The molecule has 7 heteroatoms. The summed E-state index contributed by atoms with van der Waals surface area (Å²) in [6.45, 7) is 0. The molecule has 0 aliphatic rings. The lowest BCUT2D eigenvalue weighted by Gasteiger charge is -2.09. The Morgan fingerprint density at radius 2 is 1.26 bits per heavy atom. The highest BCUT2D eigenvalue weighted by Crippen LogP contribution is 2.31. The van der Waals surface area contributed by atoms with Crippen LogP contribution in [0.3, 0.4) is 0 Å². The number of carbonyl (C=O) groups is 1. The molecule has 0 aliphatic heterocycles. The Bertz CT molecular complexity index is 606. The molecule has 23 heavy (non-hydrogen) atoms. The Morgan fingerprint density at radius 3 is 1.52 bits per heavy atom. The van der Waals surface area contributed by atoms with Crippen molar-refractivity contribution in [1.82, 2.24) is 0 Å². The van der Waals surface area contributed by atoms with Crippen molar-refractivity contribution in [1.29, 1.82) is 0 Å². The highest BCUT2D eigenvalue weighted by Gasteiger charge is 2.23. The smallest absolute Gasteiger partial charge is 0.243 e. The average Bonchev–Trinajstić information content (AvgIpc) is 2.48. The van der Waals surface area contributed by atoms with Gasteiger partial charge < -0.3 is 11.5 Å². The van der Waals surface area contributed by atoms with E-state index in [0.717, 1.165) is 6.08 Å². The summed E-state index contributed by atoms with van der Waals surface area (Å²) in [5.74, 6) is -0.746. The van der Waals surface area contributed by atoms with Gasteiger partial charge in [-0.1, -0.05) is 106 Å². The summed E-state index contributed by atoms with van der Waals surface area (Å²) in [6.07, 6.45) is 0.854. The second-order valence-electron chi connectivity index (χ2n) is 4.47. The van der Waals surface area contributed by atoms with Crippen molar-refractivity contribution in [2.45, 2.75) is 3.79 Å². The number of halogens is 3. The number of amides is 1. The summed E-state index contributed by atoms with van der Waals surface area (Å²) >= 11 is 15.8. The van der Waals surface area contributed by atoms with Crippen molar-refractivity contribution in [3.05, 3.63) is 72.4 Å². The number of hydrogen-bond acceptors (Lipinski definition) is 2. The summed E-state index contributed by atoms with van der Waals surface area (Å²) in [7, 11) is 2.17. The summed E-state index contributed by atoms with van der Waals surface area (Å²) in [6, 6.07) is 20.7. The largest absolute Gasteiger partial charge is 0.398 e. The predicted molar refractivity (Wildman–Crippen MR) is 99.7 cm³/mol. The average molecular weight is 368 g/mol. The van der Waals surface area contributed by atoms with Crippen molar-refractivity contribution < 1.29 is 4.79 Å². The molecule has 0 saturated heterocycles. The number of benzene rings is 2. The van der Waals surface area contributed by atoms with Gasteiger partial charge in [-0.15, -0.1) is 0 Å². The number of nitrogens with two attached hydrogens (primary N) is 2. The van der Waals surface area contributed by atoms with E-state index in [1.54, 1.807) is 0 Å². The minimum Gasteiger partial charge on any atom is -0.398 e. The fraction of sp³-hybridized carbons (Fsp3) is 0.0625. The lowest BCUT2D eigenvalue weighted by molar-refractivity contribution is -0.113. The first-order chi connectivity index (χ1) is 10.8. The van der Waals surface area contributed by atoms with Crippen LogP contribution in [0, 0.1) is 0 Å². The standard InChI is InChI=1S/C12H10B.C4H5Cl3N2O/c1-3-7-11(8-4-1)13-12-9-5-2-6-10-12;5-4(6,7)2(8)1-3(9)10/h1-10H;1H,8H2,(H2,9,10)/b;2-1-. The van der Waals surface area contributed by atoms with Crippen molar-refractivity contribution in [2.75, 3.05) is 0 Å². The normalized spacial score (nSPS) is 11.2. The van der Waals surface area contributed by atoms with E-state index in [2.05, 4.69) is 55.8 Å². The molecule has 0 bridgehead atoms. The lowest BCUT2D eigenvalue weighted by atomic mass is 9.64. The van der Waals surface area contributed by atoms with E-state index in [9.17, 15) is 4.79 Å². The highest BCUT2D eigenvalue weighted by atomic mass is 35.6. The first kappa shape index (κ1) is 19.4. The molecule has 0 heterocycles. The zero-order chi connectivity index (χ0) is 17.3. The van der Waals surface area contributed by atoms with Crippen LogP contribution in [0.25, 0.3) is 0 Å². The van der Waals surface area contributed by atoms with E-state index in [1.165, 1.54) is 10.9 Å². The Labute approximate surface area is 151 Å². The zero-order valence-electron chi connectivity index (χ0n) is 12.1. The highest BCUT2D eigenvalue weighted by molar-refractivity contribution is 6.69. The minimum absolute atomic E-state index is 0.190. The number of carbonyl (C=O) groups excluding carboxylic acids is 1. The molecule has 2 aromatic carbocycles. The van der Waals surface area contributed by atoms with Crippen LogP contribution in [0.1, 0.15) is 0 Å². The van der Waals surface area contributed by atoms with Gasteiger partial charge in [0.2, 0.25) is 9.70 Å². The van der Waals surface area contributed by atoms with Gasteiger partial charge in [-0.2, -0.15) is 0 Å². The molecule has 1 amide bonds. The van der Waals surface area contributed by atoms with Crippen LogP contribution < -0.4 is 22.4 Å². The second-order valence-corrected chi connectivity index (χ2v) is 6.75. The van der Waals surface area contributed by atoms with Crippen molar-refractivity contribution in [3.8, 4) is 0 Å². The van der Waals surface area contributed by atoms with Crippen LogP contribution in [0.15, 0.2) is 72.4 Å². The molecule has 2 aromatic rings. The van der Waals surface area contributed by atoms with Crippen LogP contribution >= 0.6 is 34.8 Å². The van der Waals surface area contributed by atoms with E-state index < -0.39 is 9.70 Å². The van der Waals surface area contributed by atoms with E-state index in [1.807, 2.05) is 12.1 Å². The summed E-state index contributed by atoms with van der Waals surface area (Å²) in [5.41, 5.74) is 12.1. The molecular formula is C16H15BCl3N2O. The van der Waals surface area contributed by atoms with Gasteiger partial charge in [-0.05, 0) is 0 Å². The molecule has 0 fully saturated rings. The van der Waals surface area contributed by atoms with Crippen LogP contribution in [0.5, 0.6) is 0 Å². The Balaban J connectivity index is 0.000000241. The first-order valence-electron chi connectivity index (χ1n) is 6.57. The van der Waals surface area contributed by atoms with Gasteiger partial charge in [-0.25, -0.2) is 0 Å². The maximum Gasteiger partial charge on any atom is 0.243 e. The van der Waals surface area contributed by atoms with E-state index in [-0.39, 0.29) is 5.70 Å². The fourth-order valence-corrected chi connectivity index (χ4v) is 1.69. The van der Waals surface area contributed by atoms with Crippen LogP contribution in [-0.4, -0.2) is 17.0 Å². The van der Waals surface area contributed by atoms with Crippen LogP contribution in [-0.2, 0) is 4.79 Å². The number of rotatable bonds is 3. The molecule has 0 saturated carbocycles. The summed E-state index contributed by atoms with van der Waals surface area (Å²) < 4.78 is -1.75. The molecule has 3 nitrogen and oxygen atoms in total. The third-order valence-electron chi connectivity index (χ3n) is 2.56. The topological polar surface area (TPSA) is 69.1 Å². The predicted octanol–water partition coefficient (Wildman–Crippen LogP) is 2.03. The third kappa shape index (κ3) is 8.55. The van der Waals surface area contributed by atoms with Crippen molar-refractivity contribution >= 4 is 58.9 Å². The van der Waals surface area contributed by atoms with Crippen LogP contribution in [0.4, 0.5) is 0 Å². The van der Waals surface area contributed by atoms with Gasteiger partial charge in [0.15, 0.2) is 7.28 Å². The summed E-state index contributed by atoms with van der Waals surface area (Å²) in [5, 5.41) is 0. The number of allylic oxidation sites excluding steroid dienone is 1. The summed E-state index contributed by atoms with van der Waals surface area (Å²) in [4.78, 5) is 10.1. The van der Waals surface area contributed by atoms with E-state index in [4.69, 9.17) is 46.3 Å². The van der Waals surface area contributed by atoms with Gasteiger partial charge in [0.1, 0.15) is 0 Å². The molecule has 119 valence electrons. The molecule has 0 atom stereocenters. The number of alkyl halides is 3. The van der Waals surface area contributed by atoms with Gasteiger partial charge in [0.25, 0.3) is 0 Å². The molecule has 1 radical (unpaired) electrons. The molecule has 0 aliphatic carbocycles. The molecule has 0 unspecified atom stereocenters. The zero-order valence-corrected chi connectivity index (χ0v) is 14.4. The maximum atomic E-state index is 10.1. The number of primary amides is 1. The van der Waals surface area contributed by atoms with Gasteiger partial charge >= 0.3 is 0 Å². The minimum atomic E-state index is -1.75. The molecule has 4 N–H and O–H groups in total. The molecular weight excluding hydrogens is 353 g/mol. The third-order valence-corrected chi connectivity index (χ3v) is 3.21. The first-order valence-corrected chi connectivity index (χ1v) is 7.71. The number of hydrogen-bond donors (Lipinski definition) is 2. The maximum absolute atomic E-state index is 10.1. The Morgan fingerprint density at radius 1 is 0.870 bits per heavy atom. The van der Waals surface area contributed by atoms with Crippen molar-refractivity contribution in [3.63, 3.8) is 0 Å². The second kappa shape index (κ2) is 9.51. The quantitative estimate of drug-likeness (QED) is 0.494.